The Kier molecular flexibility index (Phi) is 8.77. The standard InChI is InChI=1S/C28H38N2O2/c1-5-29-25(23-12-8-6-9-13-23)28(32)21(4)18-22-16-17-30(19-22)26(27(31)20(2)3)24-14-10-7-11-15-24/h6-15,20-22,25-26,29H,5,16-19H2,1-4H3. The number of nitrogens with one attached hydrogen (secondary N) is 1. The van der Waals surface area contributed by atoms with Crippen molar-refractivity contribution in [2.75, 3.05) is 19.6 Å². The van der Waals surface area contributed by atoms with Crippen molar-refractivity contribution in [3.8, 4) is 0 Å². The summed E-state index contributed by atoms with van der Waals surface area (Å²) in [5.41, 5.74) is 2.11. The molecule has 0 aromatic heterocycles. The molecule has 1 heterocycles. The maximum Gasteiger partial charge on any atom is 0.157 e. The molecule has 3 rings (SSSR count). The first kappa shape index (κ1) is 24.3. The summed E-state index contributed by atoms with van der Waals surface area (Å²) in [7, 11) is 0. The van der Waals surface area contributed by atoms with Crippen molar-refractivity contribution in [2.45, 2.75) is 52.6 Å². The first-order chi connectivity index (χ1) is 15.4. The monoisotopic (exact) mass is 434 g/mol. The van der Waals surface area contributed by atoms with E-state index in [-0.39, 0.29) is 35.5 Å². The Morgan fingerprint density at radius 3 is 2.09 bits per heavy atom. The predicted molar refractivity (Wildman–Crippen MR) is 130 cm³/mol. The smallest absolute Gasteiger partial charge is 0.157 e. The third kappa shape index (κ3) is 5.93. The largest absolute Gasteiger partial charge is 0.304 e. The number of Topliss-reactive ketones (excluding diaryl/α,β-unsaturated/α-hetero) is 2. The number of rotatable bonds is 11. The van der Waals surface area contributed by atoms with E-state index in [1.165, 1.54) is 0 Å². The van der Waals surface area contributed by atoms with Gasteiger partial charge in [0.15, 0.2) is 11.6 Å². The quantitative estimate of drug-likeness (QED) is 0.527. The van der Waals surface area contributed by atoms with Crippen LogP contribution in [0.5, 0.6) is 0 Å². The van der Waals surface area contributed by atoms with E-state index in [0.717, 1.165) is 43.6 Å². The van der Waals surface area contributed by atoms with Crippen LogP contribution in [0.3, 0.4) is 0 Å². The van der Waals surface area contributed by atoms with Crippen molar-refractivity contribution >= 4 is 11.6 Å². The Labute approximate surface area is 193 Å². The van der Waals surface area contributed by atoms with Gasteiger partial charge in [-0.25, -0.2) is 0 Å². The lowest BCUT2D eigenvalue weighted by Crippen LogP contribution is -2.35. The molecule has 0 radical (unpaired) electrons. The van der Waals surface area contributed by atoms with Gasteiger partial charge in [-0.05, 0) is 43.0 Å². The Hall–Kier alpha value is -2.30. The zero-order valence-corrected chi connectivity index (χ0v) is 20.0. The van der Waals surface area contributed by atoms with E-state index in [1.54, 1.807) is 0 Å². The van der Waals surface area contributed by atoms with E-state index in [0.29, 0.717) is 5.92 Å². The Balaban J connectivity index is 1.67. The second kappa shape index (κ2) is 11.5. The first-order valence-corrected chi connectivity index (χ1v) is 12.1. The highest BCUT2D eigenvalue weighted by atomic mass is 16.1. The highest BCUT2D eigenvalue weighted by Crippen LogP contribution is 2.33. The van der Waals surface area contributed by atoms with Gasteiger partial charge in [0.05, 0.1) is 12.1 Å². The lowest BCUT2D eigenvalue weighted by atomic mass is 9.87. The maximum atomic E-state index is 13.3. The second-order valence-corrected chi connectivity index (χ2v) is 9.46. The SMILES string of the molecule is CCNC(C(=O)C(C)CC1CCN(C(C(=O)C(C)C)c2ccccc2)C1)c1ccccc1. The summed E-state index contributed by atoms with van der Waals surface area (Å²) in [6.45, 7) is 10.6. The molecule has 172 valence electrons. The summed E-state index contributed by atoms with van der Waals surface area (Å²) in [6, 6.07) is 19.7. The van der Waals surface area contributed by atoms with E-state index < -0.39 is 0 Å². The van der Waals surface area contributed by atoms with Gasteiger partial charge in [-0.3, -0.25) is 14.5 Å². The molecule has 2 aromatic carbocycles. The third-order valence-electron chi connectivity index (χ3n) is 6.63. The van der Waals surface area contributed by atoms with E-state index in [1.807, 2.05) is 69.3 Å². The van der Waals surface area contributed by atoms with Gasteiger partial charge in [0, 0.05) is 18.4 Å². The van der Waals surface area contributed by atoms with Gasteiger partial charge in [-0.15, -0.1) is 0 Å². The average Bonchev–Trinajstić information content (AvgIpc) is 3.26. The molecule has 4 nitrogen and oxygen atoms in total. The zero-order valence-electron chi connectivity index (χ0n) is 20.0. The molecular weight excluding hydrogens is 396 g/mol. The minimum atomic E-state index is -0.256. The number of hydrogen-bond acceptors (Lipinski definition) is 4. The molecule has 2 aromatic rings. The maximum absolute atomic E-state index is 13.3. The molecule has 0 saturated carbocycles. The predicted octanol–water partition coefficient (Wildman–Crippen LogP) is 5.22. The van der Waals surface area contributed by atoms with Crippen molar-refractivity contribution < 1.29 is 9.59 Å². The number of ketones is 2. The number of likely N-dealkylation sites (N-methyl/N-ethyl adjacent to an activating group) is 1. The van der Waals surface area contributed by atoms with Crippen LogP contribution in [0.4, 0.5) is 0 Å². The molecule has 0 spiro atoms. The summed E-state index contributed by atoms with van der Waals surface area (Å²) in [5.74, 6) is 0.927. The van der Waals surface area contributed by atoms with Crippen molar-refractivity contribution in [1.82, 2.24) is 10.2 Å². The molecule has 4 heteroatoms. The van der Waals surface area contributed by atoms with Gasteiger partial charge in [-0.2, -0.15) is 0 Å². The van der Waals surface area contributed by atoms with Crippen LogP contribution in [-0.4, -0.2) is 36.1 Å². The summed E-state index contributed by atoms with van der Waals surface area (Å²) in [4.78, 5) is 28.7. The fourth-order valence-corrected chi connectivity index (χ4v) is 4.93. The summed E-state index contributed by atoms with van der Waals surface area (Å²) in [5, 5.41) is 3.38. The van der Waals surface area contributed by atoms with Crippen LogP contribution < -0.4 is 5.32 Å². The molecule has 1 aliphatic rings. The molecule has 0 aliphatic carbocycles. The number of nitrogens with zero attached hydrogens (tertiary/aromatic N) is 1. The zero-order chi connectivity index (χ0) is 23.1. The Morgan fingerprint density at radius 1 is 0.938 bits per heavy atom. The van der Waals surface area contributed by atoms with E-state index >= 15 is 0 Å². The first-order valence-electron chi connectivity index (χ1n) is 12.1. The molecule has 0 bridgehead atoms. The molecule has 1 saturated heterocycles. The van der Waals surface area contributed by atoms with Crippen molar-refractivity contribution in [1.29, 1.82) is 0 Å². The summed E-state index contributed by atoms with van der Waals surface area (Å²) < 4.78 is 0. The van der Waals surface area contributed by atoms with Crippen LogP contribution in [0.1, 0.15) is 63.7 Å². The molecule has 32 heavy (non-hydrogen) atoms. The molecule has 4 unspecified atom stereocenters. The molecule has 0 amide bonds. The van der Waals surface area contributed by atoms with Crippen LogP contribution in [-0.2, 0) is 9.59 Å². The van der Waals surface area contributed by atoms with E-state index in [2.05, 4.69) is 29.3 Å². The van der Waals surface area contributed by atoms with Gasteiger partial charge in [0.1, 0.15) is 0 Å². The summed E-state index contributed by atoms with van der Waals surface area (Å²) in [6.07, 6.45) is 1.89. The van der Waals surface area contributed by atoms with Gasteiger partial charge in [0.25, 0.3) is 0 Å². The van der Waals surface area contributed by atoms with Gasteiger partial charge >= 0.3 is 0 Å². The Morgan fingerprint density at radius 2 is 1.53 bits per heavy atom. The normalized spacial score (nSPS) is 19.6. The lowest BCUT2D eigenvalue weighted by Gasteiger charge is -2.29. The molecule has 1 fully saturated rings. The number of hydrogen-bond donors (Lipinski definition) is 1. The van der Waals surface area contributed by atoms with E-state index in [9.17, 15) is 9.59 Å². The lowest BCUT2D eigenvalue weighted by molar-refractivity contribution is -0.127. The topological polar surface area (TPSA) is 49.4 Å². The van der Waals surface area contributed by atoms with Gasteiger partial charge < -0.3 is 5.32 Å². The van der Waals surface area contributed by atoms with Crippen LogP contribution in [0.15, 0.2) is 60.7 Å². The van der Waals surface area contributed by atoms with Crippen molar-refractivity contribution in [3.63, 3.8) is 0 Å². The van der Waals surface area contributed by atoms with Crippen molar-refractivity contribution in [3.05, 3.63) is 71.8 Å². The fourth-order valence-electron chi connectivity index (χ4n) is 4.93. The second-order valence-electron chi connectivity index (χ2n) is 9.46. The van der Waals surface area contributed by atoms with Crippen LogP contribution in [0, 0.1) is 17.8 Å². The van der Waals surface area contributed by atoms with Crippen LogP contribution in [0.2, 0.25) is 0 Å². The highest BCUT2D eigenvalue weighted by molar-refractivity contribution is 5.87. The molecular formula is C28H38N2O2. The average molecular weight is 435 g/mol. The minimum absolute atomic E-state index is 0.00786. The number of likely N-dealkylation sites (tertiary alicyclic amines) is 1. The molecule has 1 N–H and O–H groups in total. The van der Waals surface area contributed by atoms with Crippen LogP contribution >= 0.6 is 0 Å². The number of carbonyl (C=O) groups excluding carboxylic acids is 2. The number of benzene rings is 2. The van der Waals surface area contributed by atoms with Crippen LogP contribution in [0.25, 0.3) is 0 Å². The fraction of sp³-hybridized carbons (Fsp3) is 0.500. The summed E-state index contributed by atoms with van der Waals surface area (Å²) >= 11 is 0. The molecule has 1 aliphatic heterocycles. The van der Waals surface area contributed by atoms with Crippen molar-refractivity contribution in [2.24, 2.45) is 17.8 Å². The Bertz CT molecular complexity index is 866. The third-order valence-corrected chi connectivity index (χ3v) is 6.63. The highest BCUT2D eigenvalue weighted by Gasteiger charge is 2.36. The minimum Gasteiger partial charge on any atom is -0.304 e. The number of carbonyl (C=O) groups is 2. The van der Waals surface area contributed by atoms with Gasteiger partial charge in [0.2, 0.25) is 0 Å². The molecule has 4 atom stereocenters. The van der Waals surface area contributed by atoms with Gasteiger partial charge in [-0.1, -0.05) is 88.4 Å². The van der Waals surface area contributed by atoms with E-state index in [4.69, 9.17) is 0 Å².